The molecule has 4 nitrogen and oxygen atoms in total. The topological polar surface area (TPSA) is 66.8 Å². The molecule has 1 fully saturated rings. The summed E-state index contributed by atoms with van der Waals surface area (Å²) in [6.45, 7) is 10.5. The number of aliphatic hydroxyl groups is 1. The van der Waals surface area contributed by atoms with Crippen LogP contribution in [0.25, 0.3) is 0 Å². The largest absolute Gasteiger partial charge is 0.481 e. The van der Waals surface area contributed by atoms with Crippen LogP contribution in [0.2, 0.25) is 5.04 Å². The molecule has 1 aliphatic rings. The molecule has 2 N–H and O–H groups in total. The van der Waals surface area contributed by atoms with E-state index < -0.39 is 25.8 Å². The molecule has 4 atom stereocenters. The lowest BCUT2D eigenvalue weighted by molar-refractivity contribution is -0.170. The number of aliphatic hydroxyl groups excluding tert-OH is 1. The van der Waals surface area contributed by atoms with Crippen LogP contribution in [0.4, 0.5) is 0 Å². The van der Waals surface area contributed by atoms with Gasteiger partial charge in [-0.3, -0.25) is 4.79 Å². The summed E-state index contributed by atoms with van der Waals surface area (Å²) >= 11 is 0. The Hall–Kier alpha value is -1.95. The molecule has 1 saturated carbocycles. The van der Waals surface area contributed by atoms with Gasteiger partial charge in [0.15, 0.2) is 0 Å². The number of carboxylic acids is 1. The number of carboxylic acid groups (broad SMARTS) is 1. The fourth-order valence-electron chi connectivity index (χ4n) is 5.45. The second-order valence-electron chi connectivity index (χ2n) is 10.1. The van der Waals surface area contributed by atoms with Crippen molar-refractivity contribution >= 4 is 24.7 Å². The third kappa shape index (κ3) is 4.11. The van der Waals surface area contributed by atoms with Crippen LogP contribution in [0.15, 0.2) is 60.7 Å². The molecule has 5 heteroatoms. The molecule has 0 bridgehead atoms. The smallest absolute Gasteiger partial charge is 0.312 e. The lowest BCUT2D eigenvalue weighted by atomic mass is 9.65. The van der Waals surface area contributed by atoms with Gasteiger partial charge < -0.3 is 14.6 Å². The molecule has 31 heavy (non-hydrogen) atoms. The number of hydrogen-bond donors (Lipinski definition) is 2. The summed E-state index contributed by atoms with van der Waals surface area (Å²) < 4.78 is 7.21. The Kier molecular flexibility index (Phi) is 6.80. The fraction of sp³-hybridized carbons (Fsp3) is 0.500. The van der Waals surface area contributed by atoms with Crippen LogP contribution in [-0.4, -0.2) is 36.7 Å². The molecule has 0 spiro atoms. The molecule has 0 aliphatic heterocycles. The van der Waals surface area contributed by atoms with E-state index in [1.165, 1.54) is 10.4 Å². The van der Waals surface area contributed by atoms with Gasteiger partial charge in [-0.25, -0.2) is 0 Å². The average Bonchev–Trinajstić information content (AvgIpc) is 2.74. The maximum absolute atomic E-state index is 12.3. The Morgan fingerprint density at radius 3 is 1.94 bits per heavy atom. The van der Waals surface area contributed by atoms with Gasteiger partial charge in [-0.05, 0) is 40.6 Å². The summed E-state index contributed by atoms with van der Waals surface area (Å²) in [7, 11) is -2.77. The third-order valence-electron chi connectivity index (χ3n) is 7.15. The zero-order chi connectivity index (χ0) is 22.9. The van der Waals surface area contributed by atoms with Crippen LogP contribution in [0, 0.1) is 11.3 Å². The lowest BCUT2D eigenvalue weighted by Gasteiger charge is -2.50. The van der Waals surface area contributed by atoms with E-state index in [9.17, 15) is 15.0 Å². The number of hydrogen-bond acceptors (Lipinski definition) is 3. The summed E-state index contributed by atoms with van der Waals surface area (Å²) in [5, 5.41) is 23.1. The summed E-state index contributed by atoms with van der Waals surface area (Å²) in [5.74, 6) is -1.07. The van der Waals surface area contributed by atoms with Gasteiger partial charge in [-0.2, -0.15) is 0 Å². The number of aliphatic carboxylic acids is 1. The first-order chi connectivity index (χ1) is 14.6. The van der Waals surface area contributed by atoms with E-state index in [1.807, 2.05) is 26.0 Å². The van der Waals surface area contributed by atoms with Crippen LogP contribution in [0.3, 0.4) is 0 Å². The number of benzene rings is 2. The van der Waals surface area contributed by atoms with Crippen LogP contribution in [0.5, 0.6) is 0 Å². The van der Waals surface area contributed by atoms with Crippen molar-refractivity contribution in [2.24, 2.45) is 11.3 Å². The van der Waals surface area contributed by atoms with Crippen molar-refractivity contribution in [1.82, 2.24) is 0 Å². The molecule has 0 radical (unpaired) electrons. The Morgan fingerprint density at radius 1 is 1.06 bits per heavy atom. The molecule has 2 aromatic carbocycles. The molecule has 1 aliphatic carbocycles. The SMILES string of the molecule is CC[C@]1(C(=O)O)C[C@H](O[Si](c2ccccc2)(c2ccccc2)C(C)(C)C)C[C@@H](C)C1O. The Bertz CT molecular complexity index is 838. The first kappa shape index (κ1) is 23.7. The van der Waals surface area contributed by atoms with Gasteiger partial charge in [0, 0.05) is 6.10 Å². The van der Waals surface area contributed by atoms with Gasteiger partial charge >= 0.3 is 5.97 Å². The quantitative estimate of drug-likeness (QED) is 0.661. The normalized spacial score (nSPS) is 27.1. The van der Waals surface area contributed by atoms with Crippen LogP contribution >= 0.6 is 0 Å². The monoisotopic (exact) mass is 440 g/mol. The van der Waals surface area contributed by atoms with Gasteiger partial charge in [0.1, 0.15) is 0 Å². The van der Waals surface area contributed by atoms with Gasteiger partial charge in [-0.1, -0.05) is 95.3 Å². The molecular weight excluding hydrogens is 404 g/mol. The van der Waals surface area contributed by atoms with Crippen molar-refractivity contribution in [2.45, 2.75) is 71.1 Å². The van der Waals surface area contributed by atoms with Crippen molar-refractivity contribution in [3.63, 3.8) is 0 Å². The fourth-order valence-corrected chi connectivity index (χ4v) is 10.1. The van der Waals surface area contributed by atoms with E-state index in [4.69, 9.17) is 4.43 Å². The van der Waals surface area contributed by atoms with Gasteiger partial charge in [0.2, 0.25) is 0 Å². The molecule has 1 unspecified atom stereocenters. The van der Waals surface area contributed by atoms with Gasteiger partial charge in [0.05, 0.1) is 11.5 Å². The van der Waals surface area contributed by atoms with E-state index in [0.29, 0.717) is 19.3 Å². The Labute approximate surface area is 187 Å². The van der Waals surface area contributed by atoms with Gasteiger partial charge in [-0.15, -0.1) is 0 Å². The minimum atomic E-state index is -2.77. The molecule has 0 heterocycles. The standard InChI is InChI=1S/C26H36O4Si/c1-6-26(24(28)29)18-20(17-19(2)23(26)27)30-31(25(3,4)5,21-13-9-7-10-14-21)22-15-11-8-12-16-22/h7-16,19-20,23,27H,6,17-18H2,1-5H3,(H,28,29)/t19-,20-,23?,26+/m1/s1. The minimum Gasteiger partial charge on any atom is -0.481 e. The van der Waals surface area contributed by atoms with Crippen molar-refractivity contribution in [2.75, 3.05) is 0 Å². The lowest BCUT2D eigenvalue weighted by Crippen LogP contribution is -2.68. The first-order valence-electron chi connectivity index (χ1n) is 11.3. The summed E-state index contributed by atoms with van der Waals surface area (Å²) in [5.41, 5.74) is -1.17. The van der Waals surface area contributed by atoms with Crippen LogP contribution < -0.4 is 10.4 Å². The van der Waals surface area contributed by atoms with Crippen LogP contribution in [0.1, 0.15) is 53.9 Å². The van der Waals surface area contributed by atoms with E-state index in [2.05, 4.69) is 69.3 Å². The molecule has 0 amide bonds. The highest BCUT2D eigenvalue weighted by Crippen LogP contribution is 2.46. The summed E-state index contributed by atoms with van der Waals surface area (Å²) in [4.78, 5) is 12.3. The summed E-state index contributed by atoms with van der Waals surface area (Å²) in [6, 6.07) is 20.8. The second kappa shape index (κ2) is 8.89. The number of rotatable bonds is 6. The highest BCUT2D eigenvalue weighted by atomic mass is 28.4. The maximum atomic E-state index is 12.3. The minimum absolute atomic E-state index is 0.145. The van der Waals surface area contributed by atoms with E-state index in [0.717, 1.165) is 0 Å². The number of carbonyl (C=O) groups is 1. The zero-order valence-electron chi connectivity index (χ0n) is 19.3. The van der Waals surface area contributed by atoms with Crippen molar-refractivity contribution in [3.05, 3.63) is 60.7 Å². The second-order valence-corrected chi connectivity index (χ2v) is 14.3. The molecule has 168 valence electrons. The molecule has 2 aromatic rings. The van der Waals surface area contributed by atoms with E-state index in [1.54, 1.807) is 0 Å². The predicted molar refractivity (Wildman–Crippen MR) is 127 cm³/mol. The Balaban J connectivity index is 2.15. The third-order valence-corrected chi connectivity index (χ3v) is 12.2. The molecular formula is C26H36O4Si. The van der Waals surface area contributed by atoms with E-state index in [-0.39, 0.29) is 17.1 Å². The molecule has 3 rings (SSSR count). The van der Waals surface area contributed by atoms with E-state index >= 15 is 0 Å². The van der Waals surface area contributed by atoms with Crippen molar-refractivity contribution < 1.29 is 19.4 Å². The van der Waals surface area contributed by atoms with Gasteiger partial charge in [0.25, 0.3) is 8.32 Å². The van der Waals surface area contributed by atoms with Crippen molar-refractivity contribution in [1.29, 1.82) is 0 Å². The van der Waals surface area contributed by atoms with Crippen molar-refractivity contribution in [3.8, 4) is 0 Å². The first-order valence-corrected chi connectivity index (χ1v) is 13.2. The Morgan fingerprint density at radius 2 is 1.55 bits per heavy atom. The average molecular weight is 441 g/mol. The molecule has 0 aromatic heterocycles. The maximum Gasteiger partial charge on any atom is 0.312 e. The van der Waals surface area contributed by atoms with Crippen LogP contribution in [-0.2, 0) is 9.22 Å². The zero-order valence-corrected chi connectivity index (χ0v) is 20.3. The highest BCUT2D eigenvalue weighted by molar-refractivity contribution is 6.99. The predicted octanol–water partition coefficient (Wildman–Crippen LogP) is 4.20. The summed E-state index contributed by atoms with van der Waals surface area (Å²) in [6.07, 6.45) is 0.263. The highest BCUT2D eigenvalue weighted by Gasteiger charge is 2.56. The molecule has 0 saturated heterocycles.